The molecule has 18 heavy (non-hydrogen) atoms. The van der Waals surface area contributed by atoms with Gasteiger partial charge in [-0.25, -0.2) is 8.42 Å². The van der Waals surface area contributed by atoms with Crippen molar-refractivity contribution in [2.24, 2.45) is 0 Å². The summed E-state index contributed by atoms with van der Waals surface area (Å²) in [6, 6.07) is 0.418. The average Bonchev–Trinajstić information content (AvgIpc) is 2.98. The molecule has 0 aromatic rings. The van der Waals surface area contributed by atoms with E-state index in [1.807, 2.05) is 13.8 Å². The van der Waals surface area contributed by atoms with Gasteiger partial charge in [0.05, 0.1) is 5.25 Å². The summed E-state index contributed by atoms with van der Waals surface area (Å²) in [5.74, 6) is 0. The summed E-state index contributed by atoms with van der Waals surface area (Å²) in [5.41, 5.74) is 0. The van der Waals surface area contributed by atoms with E-state index in [2.05, 4.69) is 5.32 Å². The molecule has 1 saturated carbocycles. The summed E-state index contributed by atoms with van der Waals surface area (Å²) in [6.07, 6.45) is 6.10. The van der Waals surface area contributed by atoms with Crippen molar-refractivity contribution in [3.63, 3.8) is 0 Å². The quantitative estimate of drug-likeness (QED) is 0.830. The molecular formula is C13H26N2O2S. The number of sulfonamides is 1. The molecule has 0 aromatic carbocycles. The molecule has 0 radical (unpaired) electrons. The summed E-state index contributed by atoms with van der Waals surface area (Å²) in [4.78, 5) is 0. The highest BCUT2D eigenvalue weighted by atomic mass is 32.2. The van der Waals surface area contributed by atoms with Gasteiger partial charge < -0.3 is 5.32 Å². The summed E-state index contributed by atoms with van der Waals surface area (Å²) in [5, 5.41) is 3.27. The number of nitrogens with one attached hydrogen (secondary N) is 1. The number of nitrogens with zero attached hydrogens (tertiary/aromatic N) is 1. The van der Waals surface area contributed by atoms with Crippen LogP contribution in [0, 0.1) is 0 Å². The highest BCUT2D eigenvalue weighted by Crippen LogP contribution is 2.28. The number of rotatable bonds is 5. The van der Waals surface area contributed by atoms with Crippen LogP contribution in [-0.4, -0.2) is 43.1 Å². The fourth-order valence-electron chi connectivity index (χ4n) is 3.12. The zero-order valence-corrected chi connectivity index (χ0v) is 12.4. The Balaban J connectivity index is 2.07. The Morgan fingerprint density at radius 2 is 1.83 bits per heavy atom. The first-order valence-electron chi connectivity index (χ1n) is 7.26. The molecule has 0 bridgehead atoms. The Morgan fingerprint density at radius 1 is 1.17 bits per heavy atom. The standard InChI is InChI=1S/C13H26N2O2S/c1-11(2)15(10-12-6-5-9-14-12)18(16,17)13-7-3-4-8-13/h11-14H,3-10H2,1-2H3. The van der Waals surface area contributed by atoms with Crippen LogP contribution in [-0.2, 0) is 10.0 Å². The van der Waals surface area contributed by atoms with Gasteiger partial charge in [0.2, 0.25) is 10.0 Å². The second-order valence-electron chi connectivity index (χ2n) is 5.91. The summed E-state index contributed by atoms with van der Waals surface area (Å²) in [6.45, 7) is 5.65. The van der Waals surface area contributed by atoms with Crippen LogP contribution in [0.15, 0.2) is 0 Å². The zero-order chi connectivity index (χ0) is 13.2. The van der Waals surface area contributed by atoms with Gasteiger partial charge in [0.25, 0.3) is 0 Å². The van der Waals surface area contributed by atoms with Crippen molar-refractivity contribution in [1.82, 2.24) is 9.62 Å². The van der Waals surface area contributed by atoms with Crippen LogP contribution >= 0.6 is 0 Å². The molecule has 1 heterocycles. The second kappa shape index (κ2) is 5.88. The van der Waals surface area contributed by atoms with Crippen LogP contribution < -0.4 is 5.32 Å². The molecule has 4 nitrogen and oxygen atoms in total. The normalized spacial score (nSPS) is 26.6. The third-order valence-electron chi connectivity index (χ3n) is 4.19. The van der Waals surface area contributed by atoms with Crippen molar-refractivity contribution < 1.29 is 8.42 Å². The van der Waals surface area contributed by atoms with Crippen LogP contribution in [0.3, 0.4) is 0 Å². The zero-order valence-electron chi connectivity index (χ0n) is 11.6. The highest BCUT2D eigenvalue weighted by molar-refractivity contribution is 7.89. The van der Waals surface area contributed by atoms with Gasteiger partial charge in [-0.2, -0.15) is 4.31 Å². The predicted molar refractivity (Wildman–Crippen MR) is 74.0 cm³/mol. The van der Waals surface area contributed by atoms with E-state index in [1.165, 1.54) is 6.42 Å². The van der Waals surface area contributed by atoms with Crippen molar-refractivity contribution in [3.8, 4) is 0 Å². The predicted octanol–water partition coefficient (Wildman–Crippen LogP) is 1.72. The summed E-state index contributed by atoms with van der Waals surface area (Å²) >= 11 is 0. The maximum absolute atomic E-state index is 12.7. The lowest BCUT2D eigenvalue weighted by atomic mass is 10.2. The molecule has 1 saturated heterocycles. The van der Waals surface area contributed by atoms with Gasteiger partial charge in [-0.05, 0) is 46.1 Å². The van der Waals surface area contributed by atoms with Crippen LogP contribution in [0.2, 0.25) is 0 Å². The molecule has 2 aliphatic rings. The highest BCUT2D eigenvalue weighted by Gasteiger charge is 2.36. The molecule has 1 aliphatic carbocycles. The van der Waals surface area contributed by atoms with Gasteiger partial charge in [0.15, 0.2) is 0 Å². The third-order valence-corrected chi connectivity index (χ3v) is 6.73. The van der Waals surface area contributed by atoms with E-state index in [0.29, 0.717) is 12.6 Å². The Bertz CT molecular complexity index is 355. The van der Waals surface area contributed by atoms with E-state index in [0.717, 1.165) is 38.6 Å². The van der Waals surface area contributed by atoms with Crippen molar-refractivity contribution in [3.05, 3.63) is 0 Å². The topological polar surface area (TPSA) is 49.4 Å². The van der Waals surface area contributed by atoms with Crippen LogP contribution in [0.25, 0.3) is 0 Å². The Morgan fingerprint density at radius 3 is 2.33 bits per heavy atom. The molecule has 5 heteroatoms. The minimum atomic E-state index is -3.09. The van der Waals surface area contributed by atoms with Gasteiger partial charge in [0, 0.05) is 18.6 Å². The van der Waals surface area contributed by atoms with Crippen LogP contribution in [0.4, 0.5) is 0 Å². The molecular weight excluding hydrogens is 248 g/mol. The molecule has 1 atom stereocenters. The molecule has 2 fully saturated rings. The van der Waals surface area contributed by atoms with Crippen molar-refractivity contribution in [1.29, 1.82) is 0 Å². The summed E-state index contributed by atoms with van der Waals surface area (Å²) < 4.78 is 27.1. The van der Waals surface area contributed by atoms with Gasteiger partial charge in [-0.1, -0.05) is 12.8 Å². The molecule has 106 valence electrons. The van der Waals surface area contributed by atoms with Crippen molar-refractivity contribution in [2.45, 2.75) is 69.7 Å². The third kappa shape index (κ3) is 3.06. The maximum Gasteiger partial charge on any atom is 0.217 e. The number of hydrogen-bond acceptors (Lipinski definition) is 3. The Kier molecular flexibility index (Phi) is 4.67. The van der Waals surface area contributed by atoms with Gasteiger partial charge in [0.1, 0.15) is 0 Å². The van der Waals surface area contributed by atoms with E-state index in [9.17, 15) is 8.42 Å². The fourth-order valence-corrected chi connectivity index (χ4v) is 5.40. The first-order valence-corrected chi connectivity index (χ1v) is 8.76. The molecule has 0 aromatic heterocycles. The van der Waals surface area contributed by atoms with Gasteiger partial charge in [-0.3, -0.25) is 0 Å². The first kappa shape index (κ1) is 14.3. The maximum atomic E-state index is 12.7. The lowest BCUT2D eigenvalue weighted by Gasteiger charge is -2.31. The first-order chi connectivity index (χ1) is 8.51. The molecule has 1 unspecified atom stereocenters. The molecule has 1 N–H and O–H groups in total. The average molecular weight is 274 g/mol. The van der Waals surface area contributed by atoms with Gasteiger partial charge in [-0.15, -0.1) is 0 Å². The van der Waals surface area contributed by atoms with E-state index in [1.54, 1.807) is 4.31 Å². The minimum Gasteiger partial charge on any atom is -0.313 e. The van der Waals surface area contributed by atoms with E-state index in [-0.39, 0.29) is 11.3 Å². The fraction of sp³-hybridized carbons (Fsp3) is 1.00. The molecule has 0 amide bonds. The second-order valence-corrected chi connectivity index (χ2v) is 8.07. The Hall–Kier alpha value is -0.130. The monoisotopic (exact) mass is 274 g/mol. The smallest absolute Gasteiger partial charge is 0.217 e. The lowest BCUT2D eigenvalue weighted by Crippen LogP contribution is -2.47. The molecule has 1 aliphatic heterocycles. The molecule has 2 rings (SSSR count). The van der Waals surface area contributed by atoms with Crippen LogP contribution in [0.5, 0.6) is 0 Å². The molecule has 0 spiro atoms. The lowest BCUT2D eigenvalue weighted by molar-refractivity contribution is 0.318. The van der Waals surface area contributed by atoms with Gasteiger partial charge >= 0.3 is 0 Å². The SMILES string of the molecule is CC(C)N(CC1CCCN1)S(=O)(=O)C1CCCC1. The van der Waals surface area contributed by atoms with Crippen molar-refractivity contribution >= 4 is 10.0 Å². The van der Waals surface area contributed by atoms with Crippen LogP contribution in [0.1, 0.15) is 52.4 Å². The van der Waals surface area contributed by atoms with E-state index in [4.69, 9.17) is 0 Å². The number of hydrogen-bond donors (Lipinski definition) is 1. The van der Waals surface area contributed by atoms with E-state index < -0.39 is 10.0 Å². The minimum absolute atomic E-state index is 0.0676. The summed E-state index contributed by atoms with van der Waals surface area (Å²) in [7, 11) is -3.09. The Labute approximate surface area is 111 Å². The van der Waals surface area contributed by atoms with Crippen molar-refractivity contribution in [2.75, 3.05) is 13.1 Å². The largest absolute Gasteiger partial charge is 0.313 e. The van der Waals surface area contributed by atoms with E-state index >= 15 is 0 Å².